The van der Waals surface area contributed by atoms with Crippen molar-refractivity contribution in [2.45, 2.75) is 37.6 Å². The van der Waals surface area contributed by atoms with E-state index in [1.54, 1.807) is 35.2 Å². The van der Waals surface area contributed by atoms with Gasteiger partial charge in [-0.25, -0.2) is 14.2 Å². The molecule has 2 heterocycles. The summed E-state index contributed by atoms with van der Waals surface area (Å²) >= 11 is 0. The maximum Gasteiger partial charge on any atom is 0.322 e. The van der Waals surface area contributed by atoms with Crippen LogP contribution in [0.4, 0.5) is 14.9 Å². The Hall–Kier alpha value is -2.94. The second-order valence-corrected chi connectivity index (χ2v) is 11.3. The Balaban J connectivity index is 1.53. The number of carbonyl (C=O) groups is 1. The van der Waals surface area contributed by atoms with Gasteiger partial charge in [0.15, 0.2) is 0 Å². The van der Waals surface area contributed by atoms with Crippen LogP contribution in [0.1, 0.15) is 30.7 Å². The van der Waals surface area contributed by atoms with Crippen LogP contribution in [0.2, 0.25) is 0 Å². The first-order valence-electron chi connectivity index (χ1n) is 10.6. The van der Waals surface area contributed by atoms with Gasteiger partial charge in [-0.05, 0) is 60.5 Å². The number of hydrogen-bond donors (Lipinski definition) is 3. The fourth-order valence-corrected chi connectivity index (χ4v) is 4.76. The number of hydrogen-bond acceptors (Lipinski definition) is 4. The number of benzene rings is 2. The van der Waals surface area contributed by atoms with Crippen molar-refractivity contribution >= 4 is 22.3 Å². The lowest BCUT2D eigenvalue weighted by Gasteiger charge is -2.27. The minimum atomic E-state index is -2.76. The standard InChI is InChI=1S/C25H28FN3O3S/c1-16-13-18(26)7-10-20(16)21-11-12-22-23(28-21)25(2,3)15-29(22)24(30)27-14-17-5-8-19(9-6-17)33(4,31)32/h5-13,31-32H,14-15H2,1-4H3,(H,27,30). The van der Waals surface area contributed by atoms with Crippen LogP contribution in [0.15, 0.2) is 59.5 Å². The van der Waals surface area contributed by atoms with Crippen LogP contribution in [0, 0.1) is 12.7 Å². The lowest BCUT2D eigenvalue weighted by molar-refractivity contribution is 0.245. The predicted molar refractivity (Wildman–Crippen MR) is 130 cm³/mol. The molecule has 1 aliphatic heterocycles. The molecule has 0 unspecified atom stereocenters. The van der Waals surface area contributed by atoms with Gasteiger partial charge in [0, 0.05) is 30.3 Å². The second-order valence-electron chi connectivity index (χ2n) is 9.13. The van der Waals surface area contributed by atoms with E-state index in [0.29, 0.717) is 18.0 Å². The highest BCUT2D eigenvalue weighted by molar-refractivity contribution is 8.23. The van der Waals surface area contributed by atoms with Gasteiger partial charge >= 0.3 is 6.03 Å². The summed E-state index contributed by atoms with van der Waals surface area (Å²) in [5, 5.41) is 2.94. The third kappa shape index (κ3) is 4.73. The Morgan fingerprint density at radius 1 is 1.15 bits per heavy atom. The summed E-state index contributed by atoms with van der Waals surface area (Å²) in [6, 6.07) is 15.1. The first-order chi connectivity index (χ1) is 15.5. The van der Waals surface area contributed by atoms with Crippen molar-refractivity contribution in [2.75, 3.05) is 17.7 Å². The van der Waals surface area contributed by atoms with Crippen LogP contribution in [0.3, 0.4) is 0 Å². The fraction of sp³-hybridized carbons (Fsp3) is 0.280. The number of aromatic nitrogens is 1. The number of carbonyl (C=O) groups excluding carboxylic acids is 1. The predicted octanol–water partition coefficient (Wildman–Crippen LogP) is 5.94. The molecule has 0 saturated carbocycles. The van der Waals surface area contributed by atoms with Crippen LogP contribution < -0.4 is 10.2 Å². The number of halogens is 1. The van der Waals surface area contributed by atoms with Crippen molar-refractivity contribution in [3.8, 4) is 11.3 Å². The molecule has 2 amide bonds. The zero-order chi connectivity index (χ0) is 24.0. The lowest BCUT2D eigenvalue weighted by atomic mass is 9.91. The Labute approximate surface area is 194 Å². The molecule has 174 valence electrons. The molecule has 0 bridgehead atoms. The van der Waals surface area contributed by atoms with Crippen LogP contribution in [-0.2, 0) is 12.0 Å². The molecule has 0 atom stereocenters. The van der Waals surface area contributed by atoms with Crippen molar-refractivity contribution in [3.05, 3.63) is 77.2 Å². The second kappa shape index (κ2) is 8.44. The van der Waals surface area contributed by atoms with E-state index in [0.717, 1.165) is 33.8 Å². The molecule has 1 aliphatic rings. The Morgan fingerprint density at radius 2 is 1.85 bits per heavy atom. The summed E-state index contributed by atoms with van der Waals surface area (Å²) in [5.41, 5.74) is 4.53. The molecular weight excluding hydrogens is 441 g/mol. The third-order valence-corrected chi connectivity index (χ3v) is 7.05. The van der Waals surface area contributed by atoms with Gasteiger partial charge in [0.05, 0.1) is 22.0 Å². The summed E-state index contributed by atoms with van der Waals surface area (Å²) < 4.78 is 33.0. The number of fused-ring (bicyclic) bond motifs is 1. The fourth-order valence-electron chi connectivity index (χ4n) is 4.11. The summed E-state index contributed by atoms with van der Waals surface area (Å²) in [5.74, 6) is -0.279. The molecule has 0 aliphatic carbocycles. The molecule has 6 nitrogen and oxygen atoms in total. The van der Waals surface area contributed by atoms with Gasteiger partial charge in [-0.15, -0.1) is 0 Å². The normalized spacial score (nSPS) is 15.3. The molecule has 33 heavy (non-hydrogen) atoms. The first-order valence-corrected chi connectivity index (χ1v) is 12.6. The molecular formula is C25H28FN3O3S. The van der Waals surface area contributed by atoms with E-state index >= 15 is 0 Å². The van der Waals surface area contributed by atoms with Crippen LogP contribution in [0.5, 0.6) is 0 Å². The molecule has 3 aromatic rings. The van der Waals surface area contributed by atoms with Gasteiger partial charge in [-0.3, -0.25) is 14.0 Å². The van der Waals surface area contributed by atoms with Crippen molar-refractivity contribution in [1.29, 1.82) is 0 Å². The van der Waals surface area contributed by atoms with E-state index in [1.807, 2.05) is 19.1 Å². The smallest absolute Gasteiger partial charge is 0.322 e. The quantitative estimate of drug-likeness (QED) is 0.441. The van der Waals surface area contributed by atoms with Gasteiger partial charge in [0.25, 0.3) is 0 Å². The highest BCUT2D eigenvalue weighted by atomic mass is 32.3. The number of urea groups is 1. The topological polar surface area (TPSA) is 85.7 Å². The average molecular weight is 470 g/mol. The van der Waals surface area contributed by atoms with E-state index in [2.05, 4.69) is 19.2 Å². The third-order valence-electron chi connectivity index (χ3n) is 5.88. The van der Waals surface area contributed by atoms with E-state index < -0.39 is 10.6 Å². The molecule has 2 aromatic carbocycles. The summed E-state index contributed by atoms with van der Waals surface area (Å²) in [6.45, 7) is 6.76. The Morgan fingerprint density at radius 3 is 2.48 bits per heavy atom. The number of rotatable bonds is 4. The number of pyridine rings is 1. The Kier molecular flexibility index (Phi) is 5.94. The van der Waals surface area contributed by atoms with Crippen molar-refractivity contribution in [3.63, 3.8) is 0 Å². The molecule has 0 radical (unpaired) electrons. The van der Waals surface area contributed by atoms with E-state index in [-0.39, 0.29) is 17.3 Å². The first kappa shape index (κ1) is 23.2. The number of nitrogens with one attached hydrogen (secondary N) is 1. The maximum atomic E-state index is 13.5. The van der Waals surface area contributed by atoms with E-state index in [1.165, 1.54) is 18.4 Å². The van der Waals surface area contributed by atoms with E-state index in [4.69, 9.17) is 4.98 Å². The summed E-state index contributed by atoms with van der Waals surface area (Å²) in [7, 11) is -2.76. The number of aryl methyl sites for hydroxylation is 1. The minimum absolute atomic E-state index is 0.224. The molecule has 4 rings (SSSR count). The van der Waals surface area contributed by atoms with Gasteiger partial charge in [0.2, 0.25) is 0 Å². The zero-order valence-electron chi connectivity index (χ0n) is 19.1. The van der Waals surface area contributed by atoms with Gasteiger partial charge in [0.1, 0.15) is 5.82 Å². The van der Waals surface area contributed by atoms with Crippen LogP contribution >= 0.6 is 10.6 Å². The molecule has 0 spiro atoms. The maximum absolute atomic E-state index is 13.5. The van der Waals surface area contributed by atoms with Gasteiger partial charge < -0.3 is 5.32 Å². The number of nitrogens with zero attached hydrogens (tertiary/aromatic N) is 2. The largest absolute Gasteiger partial charge is 0.334 e. The van der Waals surface area contributed by atoms with E-state index in [9.17, 15) is 18.3 Å². The van der Waals surface area contributed by atoms with Crippen molar-refractivity contribution in [1.82, 2.24) is 10.3 Å². The highest BCUT2D eigenvalue weighted by Gasteiger charge is 2.39. The van der Waals surface area contributed by atoms with Crippen molar-refractivity contribution < 1.29 is 18.3 Å². The molecule has 0 saturated heterocycles. The average Bonchev–Trinajstić information content (AvgIpc) is 3.02. The van der Waals surface area contributed by atoms with Gasteiger partial charge in [-0.1, -0.05) is 26.0 Å². The van der Waals surface area contributed by atoms with Crippen LogP contribution in [0.25, 0.3) is 11.3 Å². The number of amides is 2. The van der Waals surface area contributed by atoms with Gasteiger partial charge in [-0.2, -0.15) is 10.6 Å². The lowest BCUT2D eigenvalue weighted by Crippen LogP contribution is -2.41. The molecule has 1 aromatic heterocycles. The number of anilines is 1. The van der Waals surface area contributed by atoms with Crippen molar-refractivity contribution in [2.24, 2.45) is 0 Å². The monoisotopic (exact) mass is 469 g/mol. The highest BCUT2D eigenvalue weighted by Crippen LogP contribution is 2.44. The summed E-state index contributed by atoms with van der Waals surface area (Å²) in [4.78, 5) is 20.0. The molecule has 0 fully saturated rings. The molecule has 3 N–H and O–H groups in total. The zero-order valence-corrected chi connectivity index (χ0v) is 19.9. The summed E-state index contributed by atoms with van der Waals surface area (Å²) in [6.07, 6.45) is 1.38. The minimum Gasteiger partial charge on any atom is -0.334 e. The SMILES string of the molecule is Cc1cc(F)ccc1-c1ccc2c(n1)C(C)(C)CN2C(=O)NCc1ccc(S(C)(O)O)cc1. The van der Waals surface area contributed by atoms with Crippen LogP contribution in [-0.4, -0.2) is 32.9 Å². The Bertz CT molecular complexity index is 1210. The molecule has 8 heteroatoms.